The van der Waals surface area contributed by atoms with Gasteiger partial charge in [0.15, 0.2) is 5.82 Å². The molecule has 1 N–H and O–H groups in total. The number of nitrogens with one attached hydrogen (secondary N) is 1. The Hall–Kier alpha value is -0.910. The molecule has 0 aliphatic heterocycles. The van der Waals surface area contributed by atoms with Crippen LogP contribution in [-0.4, -0.2) is 20.8 Å². The van der Waals surface area contributed by atoms with Crippen LogP contribution in [0.15, 0.2) is 29.1 Å². The first-order chi connectivity index (χ1) is 8.56. The van der Waals surface area contributed by atoms with Gasteiger partial charge in [0.05, 0.1) is 17.4 Å². The maximum Gasteiger partial charge on any atom is 0.157 e. The highest BCUT2D eigenvalue weighted by molar-refractivity contribution is 9.10. The van der Waals surface area contributed by atoms with Crippen molar-refractivity contribution in [3.8, 4) is 5.82 Å². The molecule has 2 rings (SSSR count). The molecule has 18 heavy (non-hydrogen) atoms. The van der Waals surface area contributed by atoms with Crippen LogP contribution in [0.3, 0.4) is 0 Å². The molecule has 0 radical (unpaired) electrons. The molecule has 0 amide bonds. The molecule has 4 nitrogen and oxygen atoms in total. The Bertz CT molecular complexity index is 539. The zero-order chi connectivity index (χ0) is 13.1. The molecule has 0 saturated heterocycles. The summed E-state index contributed by atoms with van der Waals surface area (Å²) in [6.07, 6.45) is 5.10. The number of pyridine rings is 1. The van der Waals surface area contributed by atoms with Crippen molar-refractivity contribution < 1.29 is 0 Å². The smallest absolute Gasteiger partial charge is 0.157 e. The number of halogens is 2. The maximum absolute atomic E-state index is 5.89. The van der Waals surface area contributed by atoms with Crippen molar-refractivity contribution in [1.82, 2.24) is 20.1 Å². The molecule has 0 aromatic carbocycles. The van der Waals surface area contributed by atoms with E-state index in [1.54, 1.807) is 23.3 Å². The summed E-state index contributed by atoms with van der Waals surface area (Å²) >= 11 is 9.32. The second-order valence-corrected chi connectivity index (χ2v) is 5.63. The van der Waals surface area contributed by atoms with Gasteiger partial charge in [0.1, 0.15) is 0 Å². The lowest BCUT2D eigenvalue weighted by Crippen LogP contribution is -2.23. The first kappa shape index (κ1) is 13.5. The molecule has 2 heterocycles. The molecule has 0 bridgehead atoms. The Morgan fingerprint density at radius 3 is 2.83 bits per heavy atom. The van der Waals surface area contributed by atoms with Crippen LogP contribution in [0.2, 0.25) is 5.02 Å². The lowest BCUT2D eigenvalue weighted by atomic mass is 10.2. The maximum atomic E-state index is 5.89. The lowest BCUT2D eigenvalue weighted by Gasteiger charge is -2.12. The van der Waals surface area contributed by atoms with E-state index >= 15 is 0 Å². The summed E-state index contributed by atoms with van der Waals surface area (Å²) in [7, 11) is 0. The molecule has 0 unspecified atom stereocenters. The summed E-state index contributed by atoms with van der Waals surface area (Å²) in [5.41, 5.74) is 1.07. The van der Waals surface area contributed by atoms with Crippen molar-refractivity contribution in [3.63, 3.8) is 0 Å². The van der Waals surface area contributed by atoms with Gasteiger partial charge in [0.25, 0.3) is 0 Å². The zero-order valence-electron chi connectivity index (χ0n) is 10.2. The molecule has 0 saturated carbocycles. The minimum atomic E-state index is 0.415. The highest BCUT2D eigenvalue weighted by Gasteiger charge is 2.09. The topological polar surface area (TPSA) is 42.7 Å². The summed E-state index contributed by atoms with van der Waals surface area (Å²) in [5, 5.41) is 8.15. The van der Waals surface area contributed by atoms with Crippen LogP contribution in [0.4, 0.5) is 0 Å². The molecule has 96 valence electrons. The standard InChI is InChI=1S/C12H14BrClN4/c1-8(2)15-4-9-3-10(13)5-16-12(9)18-7-11(14)6-17-18/h3,5-8,15H,4H2,1-2H3. The lowest BCUT2D eigenvalue weighted by molar-refractivity contribution is 0.584. The summed E-state index contributed by atoms with van der Waals surface area (Å²) in [6.45, 7) is 4.95. The Balaban J connectivity index is 2.34. The van der Waals surface area contributed by atoms with Crippen LogP contribution < -0.4 is 5.32 Å². The first-order valence-electron chi connectivity index (χ1n) is 5.64. The minimum Gasteiger partial charge on any atom is -0.310 e. The molecule has 2 aromatic heterocycles. The average Bonchev–Trinajstić information content (AvgIpc) is 2.73. The normalized spacial score (nSPS) is 11.2. The van der Waals surface area contributed by atoms with Crippen molar-refractivity contribution in [2.45, 2.75) is 26.4 Å². The molecular formula is C12H14BrClN4. The quantitative estimate of drug-likeness (QED) is 0.937. The predicted molar refractivity (Wildman–Crippen MR) is 76.0 cm³/mol. The third-order valence-electron chi connectivity index (χ3n) is 2.38. The molecule has 0 atom stereocenters. The van der Waals surface area contributed by atoms with Gasteiger partial charge in [0, 0.05) is 28.8 Å². The van der Waals surface area contributed by atoms with Crippen LogP contribution in [0, 0.1) is 0 Å². The third kappa shape index (κ3) is 3.31. The second-order valence-electron chi connectivity index (χ2n) is 4.27. The fraction of sp³-hybridized carbons (Fsp3) is 0.333. The fourth-order valence-corrected chi connectivity index (χ4v) is 2.06. The highest BCUT2D eigenvalue weighted by atomic mass is 79.9. The number of hydrogen-bond donors (Lipinski definition) is 1. The van der Waals surface area contributed by atoms with Crippen molar-refractivity contribution in [1.29, 1.82) is 0 Å². The van der Waals surface area contributed by atoms with Crippen molar-refractivity contribution in [2.75, 3.05) is 0 Å². The monoisotopic (exact) mass is 328 g/mol. The van der Waals surface area contributed by atoms with E-state index in [0.29, 0.717) is 11.1 Å². The van der Waals surface area contributed by atoms with Gasteiger partial charge in [-0.2, -0.15) is 5.10 Å². The van der Waals surface area contributed by atoms with E-state index in [1.807, 2.05) is 6.07 Å². The minimum absolute atomic E-state index is 0.415. The molecule has 6 heteroatoms. The Labute approximate surface area is 119 Å². The Morgan fingerprint density at radius 2 is 2.22 bits per heavy atom. The Morgan fingerprint density at radius 1 is 1.44 bits per heavy atom. The van der Waals surface area contributed by atoms with Crippen LogP contribution in [-0.2, 0) is 6.54 Å². The molecule has 2 aromatic rings. The molecule has 0 spiro atoms. The zero-order valence-corrected chi connectivity index (χ0v) is 12.5. The van der Waals surface area contributed by atoms with E-state index in [4.69, 9.17) is 11.6 Å². The second kappa shape index (κ2) is 5.82. The molecular weight excluding hydrogens is 316 g/mol. The molecule has 0 aliphatic carbocycles. The average molecular weight is 330 g/mol. The van der Waals surface area contributed by atoms with E-state index in [9.17, 15) is 0 Å². The summed E-state index contributed by atoms with van der Waals surface area (Å²) < 4.78 is 2.64. The van der Waals surface area contributed by atoms with E-state index in [0.717, 1.165) is 22.4 Å². The number of aromatic nitrogens is 3. The van der Waals surface area contributed by atoms with Gasteiger partial charge in [-0.3, -0.25) is 0 Å². The van der Waals surface area contributed by atoms with Gasteiger partial charge in [-0.25, -0.2) is 9.67 Å². The van der Waals surface area contributed by atoms with Gasteiger partial charge in [0.2, 0.25) is 0 Å². The SMILES string of the molecule is CC(C)NCc1cc(Br)cnc1-n1cc(Cl)cn1. The molecule has 0 aliphatic rings. The van der Waals surface area contributed by atoms with Crippen molar-refractivity contribution in [2.24, 2.45) is 0 Å². The number of nitrogens with zero attached hydrogens (tertiary/aromatic N) is 3. The number of rotatable bonds is 4. The van der Waals surface area contributed by atoms with Crippen molar-refractivity contribution in [3.05, 3.63) is 39.7 Å². The fourth-order valence-electron chi connectivity index (χ4n) is 1.54. The summed E-state index contributed by atoms with van der Waals surface area (Å²) in [6, 6.07) is 2.45. The van der Waals surface area contributed by atoms with Crippen LogP contribution in [0.1, 0.15) is 19.4 Å². The van der Waals surface area contributed by atoms with Crippen molar-refractivity contribution >= 4 is 27.5 Å². The van der Waals surface area contributed by atoms with E-state index < -0.39 is 0 Å². The van der Waals surface area contributed by atoms with E-state index in [-0.39, 0.29) is 0 Å². The van der Waals surface area contributed by atoms with Crippen LogP contribution in [0.25, 0.3) is 5.82 Å². The number of hydrogen-bond acceptors (Lipinski definition) is 3. The largest absolute Gasteiger partial charge is 0.310 e. The van der Waals surface area contributed by atoms with Crippen LogP contribution >= 0.6 is 27.5 Å². The summed E-state index contributed by atoms with van der Waals surface area (Å²) in [5.74, 6) is 0.790. The van der Waals surface area contributed by atoms with Gasteiger partial charge in [-0.15, -0.1) is 0 Å². The molecule has 0 fully saturated rings. The Kier molecular flexibility index (Phi) is 4.37. The third-order valence-corrected chi connectivity index (χ3v) is 3.01. The van der Waals surface area contributed by atoms with Gasteiger partial charge in [-0.05, 0) is 22.0 Å². The van der Waals surface area contributed by atoms with E-state index in [1.165, 1.54) is 0 Å². The van der Waals surface area contributed by atoms with E-state index in [2.05, 4.69) is 45.2 Å². The summed E-state index contributed by atoms with van der Waals surface area (Å²) in [4.78, 5) is 4.39. The van der Waals surface area contributed by atoms with Gasteiger partial charge < -0.3 is 5.32 Å². The van der Waals surface area contributed by atoms with Crippen LogP contribution in [0.5, 0.6) is 0 Å². The predicted octanol–water partition coefficient (Wildman–Crippen LogP) is 3.18. The highest BCUT2D eigenvalue weighted by Crippen LogP contribution is 2.18. The van der Waals surface area contributed by atoms with Gasteiger partial charge >= 0.3 is 0 Å². The van der Waals surface area contributed by atoms with Gasteiger partial charge in [-0.1, -0.05) is 25.4 Å². The first-order valence-corrected chi connectivity index (χ1v) is 6.81.